The second-order valence-corrected chi connectivity index (χ2v) is 10.6. The van der Waals surface area contributed by atoms with Crippen molar-refractivity contribution in [3.8, 4) is 22.6 Å². The van der Waals surface area contributed by atoms with E-state index in [0.717, 1.165) is 19.5 Å². The predicted molar refractivity (Wildman–Crippen MR) is 159 cm³/mol. The lowest BCUT2D eigenvalue weighted by molar-refractivity contribution is -0.138. The summed E-state index contributed by atoms with van der Waals surface area (Å²) in [5.74, 6) is -1.51. The molecule has 0 bridgehead atoms. The number of halogens is 1. The van der Waals surface area contributed by atoms with Crippen molar-refractivity contribution in [2.45, 2.75) is 38.7 Å². The maximum absolute atomic E-state index is 14.1. The lowest BCUT2D eigenvalue weighted by atomic mass is 10.0. The number of carboxylic acids is 2. The Labute approximate surface area is 250 Å². The normalized spacial score (nSPS) is 13.8. The molecule has 0 spiro atoms. The fourth-order valence-corrected chi connectivity index (χ4v) is 5.04. The number of hydrogen-bond donors (Lipinski definition) is 2. The van der Waals surface area contributed by atoms with Crippen molar-refractivity contribution in [3.05, 3.63) is 83.2 Å². The van der Waals surface area contributed by atoms with E-state index >= 15 is 0 Å². The van der Waals surface area contributed by atoms with Crippen LogP contribution < -0.4 is 9.47 Å². The number of hydrogen-bond acceptors (Lipinski definition) is 6. The van der Waals surface area contributed by atoms with Crippen LogP contribution in [0.1, 0.15) is 47.2 Å². The van der Waals surface area contributed by atoms with Crippen molar-refractivity contribution in [3.63, 3.8) is 0 Å². The van der Waals surface area contributed by atoms with Gasteiger partial charge in [-0.3, -0.25) is 14.4 Å². The molecule has 1 fully saturated rings. The van der Waals surface area contributed by atoms with Gasteiger partial charge in [0.25, 0.3) is 5.91 Å². The van der Waals surface area contributed by atoms with E-state index < -0.39 is 17.8 Å². The number of nitrogens with zero attached hydrogens (tertiary/aromatic N) is 2. The summed E-state index contributed by atoms with van der Waals surface area (Å²) in [7, 11) is 2.03. The van der Waals surface area contributed by atoms with Crippen LogP contribution >= 0.6 is 0 Å². The Bertz CT molecular complexity index is 1440. The molecule has 3 aromatic carbocycles. The number of carboxylic acid groups (broad SMARTS) is 2. The molecule has 0 unspecified atom stereocenters. The fourth-order valence-electron chi connectivity index (χ4n) is 5.04. The number of amides is 1. The molecule has 4 rings (SSSR count). The highest BCUT2D eigenvalue weighted by molar-refractivity contribution is 5.96. The van der Waals surface area contributed by atoms with Crippen molar-refractivity contribution in [2.75, 3.05) is 39.8 Å². The largest absolute Gasteiger partial charge is 0.493 e. The van der Waals surface area contributed by atoms with Crippen molar-refractivity contribution >= 4 is 17.8 Å². The molecule has 43 heavy (non-hydrogen) atoms. The average Bonchev–Trinajstić information content (AvgIpc) is 3.21. The van der Waals surface area contributed by atoms with Crippen molar-refractivity contribution in [1.82, 2.24) is 9.80 Å². The Morgan fingerprint density at radius 3 is 2.42 bits per heavy atom. The van der Waals surface area contributed by atoms with E-state index in [1.807, 2.05) is 18.0 Å². The number of carbonyl (C=O) groups excluding carboxylic acids is 1. The van der Waals surface area contributed by atoms with Gasteiger partial charge in [-0.25, -0.2) is 4.39 Å². The van der Waals surface area contributed by atoms with Crippen LogP contribution in [0.3, 0.4) is 0 Å². The fraction of sp³-hybridized carbons (Fsp3) is 0.364. The van der Waals surface area contributed by atoms with E-state index in [1.54, 1.807) is 42.5 Å². The Morgan fingerprint density at radius 1 is 0.860 bits per heavy atom. The van der Waals surface area contributed by atoms with Gasteiger partial charge in [0.1, 0.15) is 23.9 Å². The van der Waals surface area contributed by atoms with Crippen LogP contribution in [0, 0.1) is 5.82 Å². The van der Waals surface area contributed by atoms with Gasteiger partial charge in [-0.2, -0.15) is 0 Å². The zero-order chi connectivity index (χ0) is 30.8. The zero-order valence-electron chi connectivity index (χ0n) is 24.3. The first-order valence-corrected chi connectivity index (χ1v) is 14.4. The van der Waals surface area contributed by atoms with E-state index in [0.29, 0.717) is 58.8 Å². The quantitative estimate of drug-likeness (QED) is 0.263. The minimum Gasteiger partial charge on any atom is -0.493 e. The number of carbonyl (C=O) groups is 3. The third-order valence-electron chi connectivity index (χ3n) is 7.32. The monoisotopic (exact) mass is 592 g/mol. The van der Waals surface area contributed by atoms with Crippen molar-refractivity contribution in [2.24, 2.45) is 0 Å². The summed E-state index contributed by atoms with van der Waals surface area (Å²) in [4.78, 5) is 39.9. The van der Waals surface area contributed by atoms with Gasteiger partial charge in [0.2, 0.25) is 0 Å². The molecule has 9 nitrogen and oxygen atoms in total. The standard InChI is InChI=1S/C33H37FN2O7/c1-35-13-5-14-36(16-15-35)33(41)26-18-25(23-6-2-8-27(34)19-23)20-28(21-26)43-22-24-7-3-9-30(29(24)11-12-32(39)40)42-17-4-10-31(37)38/h2-3,6-9,18-21H,4-5,10-17,22H2,1H3,(H,37,38)(H,39,40). The zero-order valence-corrected chi connectivity index (χ0v) is 24.3. The third-order valence-corrected chi connectivity index (χ3v) is 7.32. The maximum Gasteiger partial charge on any atom is 0.303 e. The van der Waals surface area contributed by atoms with Crippen LogP contribution in [-0.4, -0.2) is 77.7 Å². The summed E-state index contributed by atoms with van der Waals surface area (Å²) < 4.78 is 26.2. The number of likely N-dealkylation sites (N-methyl/N-ethyl adjacent to an activating group) is 1. The van der Waals surface area contributed by atoms with Crippen LogP contribution in [0.2, 0.25) is 0 Å². The molecule has 10 heteroatoms. The topological polar surface area (TPSA) is 117 Å². The van der Waals surface area contributed by atoms with E-state index in [9.17, 15) is 23.9 Å². The Kier molecular flexibility index (Phi) is 11.1. The molecular weight excluding hydrogens is 555 g/mol. The average molecular weight is 593 g/mol. The van der Waals surface area contributed by atoms with Crippen molar-refractivity contribution in [1.29, 1.82) is 0 Å². The van der Waals surface area contributed by atoms with Crippen LogP contribution in [0.15, 0.2) is 60.7 Å². The molecule has 3 aromatic rings. The first-order valence-electron chi connectivity index (χ1n) is 14.4. The van der Waals surface area contributed by atoms with Gasteiger partial charge >= 0.3 is 11.9 Å². The van der Waals surface area contributed by atoms with Gasteiger partial charge in [-0.15, -0.1) is 0 Å². The molecule has 1 aliphatic heterocycles. The van der Waals surface area contributed by atoms with E-state index in [2.05, 4.69) is 4.90 Å². The smallest absolute Gasteiger partial charge is 0.303 e. The van der Waals surface area contributed by atoms with E-state index in [4.69, 9.17) is 14.6 Å². The van der Waals surface area contributed by atoms with Gasteiger partial charge in [-0.05, 0) is 85.9 Å². The summed E-state index contributed by atoms with van der Waals surface area (Å²) in [6.07, 6.45) is 1.21. The van der Waals surface area contributed by atoms with Gasteiger partial charge in [0.05, 0.1) is 6.61 Å². The Balaban J connectivity index is 1.61. The third kappa shape index (κ3) is 9.27. The van der Waals surface area contributed by atoms with Gasteiger partial charge in [-0.1, -0.05) is 24.3 Å². The first-order chi connectivity index (χ1) is 20.7. The minimum absolute atomic E-state index is 0.0376. The second-order valence-electron chi connectivity index (χ2n) is 10.6. The highest BCUT2D eigenvalue weighted by Gasteiger charge is 2.21. The molecule has 1 saturated heterocycles. The Morgan fingerprint density at radius 2 is 1.65 bits per heavy atom. The van der Waals surface area contributed by atoms with Crippen LogP contribution in [0.25, 0.3) is 11.1 Å². The molecule has 228 valence electrons. The number of aliphatic carboxylic acids is 2. The summed E-state index contributed by atoms with van der Waals surface area (Å²) in [6, 6.07) is 16.6. The Hall–Kier alpha value is -4.44. The first kappa shape index (κ1) is 31.5. The number of ether oxygens (including phenoxy) is 2. The van der Waals surface area contributed by atoms with E-state index in [-0.39, 0.29) is 38.4 Å². The van der Waals surface area contributed by atoms with Crippen molar-refractivity contribution < 1.29 is 38.5 Å². The molecule has 1 heterocycles. The lowest BCUT2D eigenvalue weighted by Crippen LogP contribution is -2.34. The van der Waals surface area contributed by atoms with Gasteiger partial charge in [0.15, 0.2) is 0 Å². The molecule has 0 aromatic heterocycles. The molecule has 1 aliphatic rings. The number of benzene rings is 3. The summed E-state index contributed by atoms with van der Waals surface area (Å²) in [6.45, 7) is 3.15. The summed E-state index contributed by atoms with van der Waals surface area (Å²) in [5.41, 5.74) is 3.04. The second kappa shape index (κ2) is 15.2. The minimum atomic E-state index is -0.960. The molecule has 0 atom stereocenters. The highest BCUT2D eigenvalue weighted by Crippen LogP contribution is 2.30. The molecule has 1 amide bonds. The maximum atomic E-state index is 14.1. The molecule has 2 N–H and O–H groups in total. The molecule has 0 radical (unpaired) electrons. The van der Waals surface area contributed by atoms with Crippen LogP contribution in [-0.2, 0) is 22.6 Å². The lowest BCUT2D eigenvalue weighted by Gasteiger charge is -2.22. The van der Waals surface area contributed by atoms with E-state index in [1.165, 1.54) is 12.1 Å². The molecule has 0 aliphatic carbocycles. The highest BCUT2D eigenvalue weighted by atomic mass is 19.1. The SMILES string of the molecule is CN1CCCN(C(=O)c2cc(OCc3cccc(OCCCC(=O)O)c3CCC(=O)O)cc(-c3cccc(F)c3)c2)CC1. The van der Waals surface area contributed by atoms with Gasteiger partial charge in [0, 0.05) is 43.6 Å². The summed E-state index contributed by atoms with van der Waals surface area (Å²) >= 11 is 0. The van der Waals surface area contributed by atoms with Gasteiger partial charge < -0.3 is 29.5 Å². The predicted octanol–water partition coefficient (Wildman–Crippen LogP) is 5.11. The summed E-state index contributed by atoms with van der Waals surface area (Å²) in [5, 5.41) is 18.2. The number of rotatable bonds is 13. The van der Waals surface area contributed by atoms with Crippen LogP contribution in [0.5, 0.6) is 11.5 Å². The van der Waals surface area contributed by atoms with Crippen LogP contribution in [0.4, 0.5) is 4.39 Å². The molecule has 0 saturated carbocycles. The molecular formula is C33H37FN2O7.